The molecule has 0 radical (unpaired) electrons. The van der Waals surface area contributed by atoms with E-state index in [0.717, 1.165) is 31.5 Å². The molecule has 1 aromatic carbocycles. The molecule has 86 valence electrons. The van der Waals surface area contributed by atoms with Crippen molar-refractivity contribution >= 4 is 5.57 Å². The molecular weight excluding hydrogens is 198 g/mol. The van der Waals surface area contributed by atoms with Crippen LogP contribution in [0.5, 0.6) is 0 Å². The van der Waals surface area contributed by atoms with Gasteiger partial charge in [0.2, 0.25) is 0 Å². The number of aliphatic hydroxyl groups excluding tert-OH is 1. The third-order valence-electron chi connectivity index (χ3n) is 3.31. The van der Waals surface area contributed by atoms with Crippen molar-refractivity contribution in [3.8, 4) is 0 Å². The molecule has 0 bridgehead atoms. The third-order valence-corrected chi connectivity index (χ3v) is 3.31. The summed E-state index contributed by atoms with van der Waals surface area (Å²) < 4.78 is 0. The highest BCUT2D eigenvalue weighted by molar-refractivity contribution is 5.64. The lowest BCUT2D eigenvalue weighted by atomic mass is 10.1. The number of hydrogen-bond donors (Lipinski definition) is 2. The van der Waals surface area contributed by atoms with Crippen LogP contribution in [0.25, 0.3) is 5.57 Å². The average molecular weight is 217 g/mol. The first kappa shape index (κ1) is 11.4. The predicted molar refractivity (Wildman–Crippen MR) is 67.1 cm³/mol. The minimum atomic E-state index is 0.178. The van der Waals surface area contributed by atoms with Crippen LogP contribution in [-0.4, -0.2) is 24.8 Å². The van der Waals surface area contributed by atoms with Crippen molar-refractivity contribution < 1.29 is 5.11 Å². The molecule has 2 rings (SSSR count). The van der Waals surface area contributed by atoms with E-state index in [-0.39, 0.29) is 5.41 Å². The quantitative estimate of drug-likeness (QED) is 0.764. The molecule has 0 spiro atoms. The fourth-order valence-corrected chi connectivity index (χ4v) is 1.82. The summed E-state index contributed by atoms with van der Waals surface area (Å²) in [6.07, 6.45) is 2.29. The van der Waals surface area contributed by atoms with Crippen LogP contribution >= 0.6 is 0 Å². The van der Waals surface area contributed by atoms with Crippen LogP contribution in [0.1, 0.15) is 18.4 Å². The SMILES string of the molecule is C=C(CNCC1(CO)CC1)c1ccccc1. The molecule has 1 aliphatic rings. The topological polar surface area (TPSA) is 32.3 Å². The van der Waals surface area contributed by atoms with E-state index in [2.05, 4.69) is 24.0 Å². The van der Waals surface area contributed by atoms with Gasteiger partial charge in [0, 0.05) is 25.1 Å². The second kappa shape index (κ2) is 4.81. The molecule has 2 N–H and O–H groups in total. The van der Waals surface area contributed by atoms with Gasteiger partial charge in [0.1, 0.15) is 0 Å². The first-order valence-corrected chi connectivity index (χ1v) is 5.81. The summed E-state index contributed by atoms with van der Waals surface area (Å²) in [6.45, 7) is 6.06. The second-order valence-corrected chi connectivity index (χ2v) is 4.73. The van der Waals surface area contributed by atoms with E-state index >= 15 is 0 Å². The van der Waals surface area contributed by atoms with E-state index in [1.807, 2.05) is 18.2 Å². The van der Waals surface area contributed by atoms with Crippen LogP contribution in [0.3, 0.4) is 0 Å². The lowest BCUT2D eigenvalue weighted by molar-refractivity contribution is 0.209. The van der Waals surface area contributed by atoms with Crippen molar-refractivity contribution in [1.82, 2.24) is 5.32 Å². The second-order valence-electron chi connectivity index (χ2n) is 4.73. The largest absolute Gasteiger partial charge is 0.396 e. The Morgan fingerprint density at radius 3 is 2.56 bits per heavy atom. The van der Waals surface area contributed by atoms with Gasteiger partial charge in [0.25, 0.3) is 0 Å². The normalized spacial score (nSPS) is 17.1. The first-order chi connectivity index (χ1) is 7.76. The highest BCUT2D eigenvalue weighted by Gasteiger charge is 2.41. The Kier molecular flexibility index (Phi) is 3.42. The minimum absolute atomic E-state index is 0.178. The minimum Gasteiger partial charge on any atom is -0.396 e. The number of rotatable bonds is 6. The maximum atomic E-state index is 9.18. The summed E-state index contributed by atoms with van der Waals surface area (Å²) in [5, 5.41) is 12.6. The van der Waals surface area contributed by atoms with Gasteiger partial charge in [-0.05, 0) is 24.0 Å². The Labute approximate surface area is 97.0 Å². The molecule has 2 heteroatoms. The highest BCUT2D eigenvalue weighted by atomic mass is 16.3. The van der Waals surface area contributed by atoms with Crippen LogP contribution in [-0.2, 0) is 0 Å². The zero-order chi connectivity index (χ0) is 11.4. The molecule has 0 amide bonds. The lowest BCUT2D eigenvalue weighted by Gasteiger charge is -2.13. The van der Waals surface area contributed by atoms with Gasteiger partial charge >= 0.3 is 0 Å². The van der Waals surface area contributed by atoms with Crippen LogP contribution < -0.4 is 5.32 Å². The average Bonchev–Trinajstić information content (AvgIpc) is 3.11. The summed E-state index contributed by atoms with van der Waals surface area (Å²) in [5.41, 5.74) is 2.47. The molecule has 1 aliphatic carbocycles. The van der Waals surface area contributed by atoms with Crippen molar-refractivity contribution in [3.63, 3.8) is 0 Å². The van der Waals surface area contributed by atoms with Gasteiger partial charge in [0.15, 0.2) is 0 Å². The van der Waals surface area contributed by atoms with E-state index in [0.29, 0.717) is 6.61 Å². The van der Waals surface area contributed by atoms with E-state index in [9.17, 15) is 5.11 Å². The van der Waals surface area contributed by atoms with E-state index in [1.165, 1.54) is 5.56 Å². The predicted octanol–water partition coefficient (Wildman–Crippen LogP) is 2.06. The Hall–Kier alpha value is -1.12. The molecule has 0 saturated heterocycles. The molecule has 0 heterocycles. The third kappa shape index (κ3) is 2.71. The summed E-state index contributed by atoms with van der Waals surface area (Å²) in [4.78, 5) is 0. The number of nitrogens with one attached hydrogen (secondary N) is 1. The molecule has 0 aliphatic heterocycles. The number of hydrogen-bond acceptors (Lipinski definition) is 2. The summed E-state index contributed by atoms with van der Waals surface area (Å²) in [7, 11) is 0. The van der Waals surface area contributed by atoms with Gasteiger partial charge < -0.3 is 10.4 Å². The van der Waals surface area contributed by atoms with Crippen LogP contribution in [0, 0.1) is 5.41 Å². The Bertz CT molecular complexity index is 354. The van der Waals surface area contributed by atoms with E-state index in [1.54, 1.807) is 0 Å². The monoisotopic (exact) mass is 217 g/mol. The van der Waals surface area contributed by atoms with Gasteiger partial charge in [-0.15, -0.1) is 0 Å². The smallest absolute Gasteiger partial charge is 0.0499 e. The standard InChI is InChI=1S/C14H19NO/c1-12(13-5-3-2-4-6-13)9-15-10-14(11-16)7-8-14/h2-6,15-16H,1,7-11H2. The zero-order valence-electron chi connectivity index (χ0n) is 9.58. The molecule has 0 atom stereocenters. The highest BCUT2D eigenvalue weighted by Crippen LogP contribution is 2.44. The molecule has 1 fully saturated rings. The van der Waals surface area contributed by atoms with Gasteiger partial charge in [-0.1, -0.05) is 36.9 Å². The summed E-state index contributed by atoms with van der Waals surface area (Å²) in [6, 6.07) is 10.2. The molecule has 1 aromatic rings. The maximum Gasteiger partial charge on any atom is 0.0499 e. The number of benzene rings is 1. The fourth-order valence-electron chi connectivity index (χ4n) is 1.82. The van der Waals surface area contributed by atoms with Crippen molar-refractivity contribution in [2.45, 2.75) is 12.8 Å². The summed E-state index contributed by atoms with van der Waals surface area (Å²) in [5.74, 6) is 0. The van der Waals surface area contributed by atoms with Crippen molar-refractivity contribution in [1.29, 1.82) is 0 Å². The van der Waals surface area contributed by atoms with Crippen molar-refractivity contribution in [2.24, 2.45) is 5.41 Å². The Morgan fingerprint density at radius 1 is 1.31 bits per heavy atom. The molecule has 16 heavy (non-hydrogen) atoms. The van der Waals surface area contributed by atoms with Crippen LogP contribution in [0.2, 0.25) is 0 Å². The van der Waals surface area contributed by atoms with Gasteiger partial charge in [-0.2, -0.15) is 0 Å². The Balaban J connectivity index is 1.76. The molecular formula is C14H19NO. The first-order valence-electron chi connectivity index (χ1n) is 5.81. The summed E-state index contributed by atoms with van der Waals surface area (Å²) >= 11 is 0. The molecule has 0 unspecified atom stereocenters. The van der Waals surface area contributed by atoms with Crippen molar-refractivity contribution in [2.75, 3.05) is 19.7 Å². The zero-order valence-corrected chi connectivity index (χ0v) is 9.58. The van der Waals surface area contributed by atoms with E-state index in [4.69, 9.17) is 0 Å². The van der Waals surface area contributed by atoms with Crippen LogP contribution in [0.15, 0.2) is 36.9 Å². The van der Waals surface area contributed by atoms with Gasteiger partial charge in [-0.3, -0.25) is 0 Å². The van der Waals surface area contributed by atoms with Gasteiger partial charge in [0.05, 0.1) is 0 Å². The molecule has 1 saturated carbocycles. The number of aliphatic hydroxyl groups is 1. The Morgan fingerprint density at radius 2 is 2.00 bits per heavy atom. The molecule has 0 aromatic heterocycles. The lowest BCUT2D eigenvalue weighted by Crippen LogP contribution is -2.27. The van der Waals surface area contributed by atoms with E-state index < -0.39 is 0 Å². The van der Waals surface area contributed by atoms with Gasteiger partial charge in [-0.25, -0.2) is 0 Å². The fraction of sp³-hybridized carbons (Fsp3) is 0.429. The maximum absolute atomic E-state index is 9.18. The van der Waals surface area contributed by atoms with Crippen LogP contribution in [0.4, 0.5) is 0 Å². The molecule has 2 nitrogen and oxygen atoms in total. The van der Waals surface area contributed by atoms with Crippen molar-refractivity contribution in [3.05, 3.63) is 42.5 Å².